The zero-order valence-corrected chi connectivity index (χ0v) is 11.1. The van der Waals surface area contributed by atoms with E-state index in [1.54, 1.807) is 0 Å². The van der Waals surface area contributed by atoms with Crippen LogP contribution in [-0.2, 0) is 14.3 Å². The van der Waals surface area contributed by atoms with Crippen LogP contribution in [0.3, 0.4) is 0 Å². The SMILES string of the molecule is CCOC(=O)C1CCCN1CC(=O)N1CCCC1. The Morgan fingerprint density at radius 1 is 1.17 bits per heavy atom. The summed E-state index contributed by atoms with van der Waals surface area (Å²) < 4.78 is 5.06. The van der Waals surface area contributed by atoms with Gasteiger partial charge < -0.3 is 9.64 Å². The molecule has 0 aromatic heterocycles. The van der Waals surface area contributed by atoms with E-state index in [9.17, 15) is 9.59 Å². The van der Waals surface area contributed by atoms with Crippen molar-refractivity contribution in [2.75, 3.05) is 32.8 Å². The Balaban J connectivity index is 1.87. The summed E-state index contributed by atoms with van der Waals surface area (Å²) in [7, 11) is 0. The zero-order valence-electron chi connectivity index (χ0n) is 11.1. The molecule has 0 radical (unpaired) electrons. The number of hydrogen-bond donors (Lipinski definition) is 0. The molecule has 0 aliphatic carbocycles. The molecule has 0 spiro atoms. The van der Waals surface area contributed by atoms with E-state index < -0.39 is 0 Å². The Morgan fingerprint density at radius 2 is 1.89 bits per heavy atom. The quantitative estimate of drug-likeness (QED) is 0.691. The molecule has 2 heterocycles. The summed E-state index contributed by atoms with van der Waals surface area (Å²) in [5.74, 6) is -0.0204. The number of ether oxygens (including phenoxy) is 1. The molecule has 102 valence electrons. The van der Waals surface area contributed by atoms with Gasteiger partial charge >= 0.3 is 5.97 Å². The number of rotatable bonds is 4. The van der Waals surface area contributed by atoms with Crippen molar-refractivity contribution in [2.45, 2.75) is 38.6 Å². The summed E-state index contributed by atoms with van der Waals surface area (Å²) in [6.07, 6.45) is 3.99. The maximum absolute atomic E-state index is 12.1. The first kappa shape index (κ1) is 13.3. The monoisotopic (exact) mass is 254 g/mol. The Hall–Kier alpha value is -1.10. The molecule has 0 aromatic carbocycles. The summed E-state index contributed by atoms with van der Waals surface area (Å²) in [5, 5.41) is 0. The highest BCUT2D eigenvalue weighted by molar-refractivity contribution is 5.81. The van der Waals surface area contributed by atoms with Gasteiger partial charge in [0, 0.05) is 13.1 Å². The van der Waals surface area contributed by atoms with E-state index in [0.29, 0.717) is 13.2 Å². The lowest BCUT2D eigenvalue weighted by Crippen LogP contribution is -2.44. The highest BCUT2D eigenvalue weighted by Gasteiger charge is 2.34. The van der Waals surface area contributed by atoms with Crippen LogP contribution in [0.25, 0.3) is 0 Å². The molecule has 1 unspecified atom stereocenters. The molecule has 2 aliphatic rings. The summed E-state index contributed by atoms with van der Waals surface area (Å²) in [4.78, 5) is 27.7. The number of amides is 1. The lowest BCUT2D eigenvalue weighted by molar-refractivity contribution is -0.149. The fourth-order valence-electron chi connectivity index (χ4n) is 2.76. The summed E-state index contributed by atoms with van der Waals surface area (Å²) >= 11 is 0. The molecule has 0 bridgehead atoms. The first-order valence-corrected chi connectivity index (χ1v) is 6.91. The first-order chi connectivity index (χ1) is 8.72. The van der Waals surface area contributed by atoms with E-state index in [4.69, 9.17) is 4.74 Å². The van der Waals surface area contributed by atoms with Crippen LogP contribution < -0.4 is 0 Å². The van der Waals surface area contributed by atoms with Gasteiger partial charge in [0.25, 0.3) is 0 Å². The molecule has 2 fully saturated rings. The van der Waals surface area contributed by atoms with Crippen molar-refractivity contribution in [3.63, 3.8) is 0 Å². The minimum atomic E-state index is -0.212. The number of carbonyl (C=O) groups excluding carboxylic acids is 2. The van der Waals surface area contributed by atoms with Crippen LogP contribution in [-0.4, -0.2) is 60.5 Å². The van der Waals surface area contributed by atoms with E-state index in [0.717, 1.165) is 45.3 Å². The Labute approximate surface area is 108 Å². The van der Waals surface area contributed by atoms with Crippen molar-refractivity contribution in [3.05, 3.63) is 0 Å². The van der Waals surface area contributed by atoms with Gasteiger partial charge in [0.2, 0.25) is 5.91 Å². The predicted octanol–water partition coefficient (Wildman–Crippen LogP) is 0.636. The summed E-state index contributed by atoms with van der Waals surface area (Å²) in [6, 6.07) is -0.212. The number of carbonyl (C=O) groups is 2. The first-order valence-electron chi connectivity index (χ1n) is 6.91. The summed E-state index contributed by atoms with van der Waals surface area (Å²) in [5.41, 5.74) is 0. The second-order valence-electron chi connectivity index (χ2n) is 4.97. The normalized spacial score (nSPS) is 24.5. The minimum absolute atomic E-state index is 0.156. The van der Waals surface area contributed by atoms with Crippen molar-refractivity contribution in [1.29, 1.82) is 0 Å². The van der Waals surface area contributed by atoms with Crippen LogP contribution in [0.1, 0.15) is 32.6 Å². The topological polar surface area (TPSA) is 49.9 Å². The average Bonchev–Trinajstić information content (AvgIpc) is 2.99. The highest BCUT2D eigenvalue weighted by atomic mass is 16.5. The Morgan fingerprint density at radius 3 is 2.56 bits per heavy atom. The third-order valence-corrected chi connectivity index (χ3v) is 3.72. The molecule has 2 rings (SSSR count). The van der Waals surface area contributed by atoms with Crippen molar-refractivity contribution in [1.82, 2.24) is 9.80 Å². The third-order valence-electron chi connectivity index (χ3n) is 3.72. The van der Waals surface area contributed by atoms with Gasteiger partial charge in [0.05, 0.1) is 13.2 Å². The Bertz CT molecular complexity index is 313. The molecular weight excluding hydrogens is 232 g/mol. The third kappa shape index (κ3) is 3.02. The number of nitrogens with zero attached hydrogens (tertiary/aromatic N) is 2. The molecular formula is C13H22N2O3. The standard InChI is InChI=1S/C13H22N2O3/c1-2-18-13(17)11-6-5-9-15(11)10-12(16)14-7-3-4-8-14/h11H,2-10H2,1H3. The van der Waals surface area contributed by atoms with Crippen molar-refractivity contribution < 1.29 is 14.3 Å². The largest absolute Gasteiger partial charge is 0.465 e. The molecule has 18 heavy (non-hydrogen) atoms. The molecule has 5 nitrogen and oxygen atoms in total. The van der Waals surface area contributed by atoms with E-state index in [1.807, 2.05) is 16.7 Å². The van der Waals surface area contributed by atoms with Crippen LogP contribution in [0.15, 0.2) is 0 Å². The van der Waals surface area contributed by atoms with E-state index in [-0.39, 0.29) is 17.9 Å². The molecule has 1 amide bonds. The van der Waals surface area contributed by atoms with Crippen LogP contribution >= 0.6 is 0 Å². The minimum Gasteiger partial charge on any atom is -0.465 e. The van der Waals surface area contributed by atoms with Crippen LogP contribution in [0.4, 0.5) is 0 Å². The van der Waals surface area contributed by atoms with Gasteiger partial charge in [-0.2, -0.15) is 0 Å². The van der Waals surface area contributed by atoms with Crippen LogP contribution in [0.5, 0.6) is 0 Å². The van der Waals surface area contributed by atoms with Crippen molar-refractivity contribution in [2.24, 2.45) is 0 Å². The average molecular weight is 254 g/mol. The molecule has 2 saturated heterocycles. The van der Waals surface area contributed by atoms with E-state index in [2.05, 4.69) is 0 Å². The lowest BCUT2D eigenvalue weighted by atomic mass is 10.2. The van der Waals surface area contributed by atoms with Gasteiger partial charge in [-0.15, -0.1) is 0 Å². The van der Waals surface area contributed by atoms with Gasteiger partial charge in [-0.3, -0.25) is 14.5 Å². The van der Waals surface area contributed by atoms with Gasteiger partial charge in [-0.05, 0) is 39.2 Å². The Kier molecular flexibility index (Phi) is 4.58. The van der Waals surface area contributed by atoms with E-state index >= 15 is 0 Å². The predicted molar refractivity (Wildman–Crippen MR) is 67.0 cm³/mol. The smallest absolute Gasteiger partial charge is 0.323 e. The van der Waals surface area contributed by atoms with Crippen molar-refractivity contribution >= 4 is 11.9 Å². The maximum Gasteiger partial charge on any atom is 0.323 e. The number of hydrogen-bond acceptors (Lipinski definition) is 4. The molecule has 5 heteroatoms. The van der Waals surface area contributed by atoms with Gasteiger partial charge in [-0.25, -0.2) is 0 Å². The highest BCUT2D eigenvalue weighted by Crippen LogP contribution is 2.19. The lowest BCUT2D eigenvalue weighted by Gasteiger charge is -2.24. The van der Waals surface area contributed by atoms with Crippen molar-refractivity contribution in [3.8, 4) is 0 Å². The fraction of sp³-hybridized carbons (Fsp3) is 0.846. The van der Waals surface area contributed by atoms with Crippen LogP contribution in [0.2, 0.25) is 0 Å². The molecule has 0 N–H and O–H groups in total. The number of likely N-dealkylation sites (tertiary alicyclic amines) is 2. The maximum atomic E-state index is 12.1. The van der Waals surface area contributed by atoms with E-state index in [1.165, 1.54) is 0 Å². The molecule has 1 atom stereocenters. The molecule has 0 aromatic rings. The van der Waals surface area contributed by atoms with Gasteiger partial charge in [-0.1, -0.05) is 0 Å². The molecule has 0 saturated carbocycles. The van der Waals surface area contributed by atoms with Gasteiger partial charge in [0.15, 0.2) is 0 Å². The zero-order chi connectivity index (χ0) is 13.0. The second-order valence-corrected chi connectivity index (χ2v) is 4.97. The number of esters is 1. The second kappa shape index (κ2) is 6.18. The fourth-order valence-corrected chi connectivity index (χ4v) is 2.76. The summed E-state index contributed by atoms with van der Waals surface area (Å²) in [6.45, 7) is 5.15. The van der Waals surface area contributed by atoms with Gasteiger partial charge in [0.1, 0.15) is 6.04 Å². The molecule has 2 aliphatic heterocycles. The van der Waals surface area contributed by atoms with Crippen LogP contribution in [0, 0.1) is 0 Å².